The Labute approximate surface area is 109 Å². The van der Waals surface area contributed by atoms with E-state index < -0.39 is 16.9 Å². The fourth-order valence-corrected chi connectivity index (χ4v) is 1.40. The molecule has 102 valence electrons. The number of Topliss-reactive ketones (excluding diaryl/α,β-unsaturated/α-hetero) is 1. The highest BCUT2D eigenvalue weighted by molar-refractivity contribution is 6.00. The fourth-order valence-electron chi connectivity index (χ4n) is 1.40. The Morgan fingerprint density at radius 2 is 2.00 bits per heavy atom. The molecule has 0 aliphatic carbocycles. The van der Waals surface area contributed by atoms with E-state index in [-0.39, 0.29) is 30.0 Å². The van der Waals surface area contributed by atoms with Gasteiger partial charge in [-0.3, -0.25) is 14.9 Å². The summed E-state index contributed by atoms with van der Waals surface area (Å²) >= 11 is 0. The molecular formula is C12H13NO6. The summed E-state index contributed by atoms with van der Waals surface area (Å²) in [6, 6.07) is 3.53. The maximum Gasteiger partial charge on any atom is 0.513 e. The van der Waals surface area contributed by atoms with Crippen molar-refractivity contribution >= 4 is 17.6 Å². The lowest BCUT2D eigenvalue weighted by Crippen LogP contribution is -2.11. The topological polar surface area (TPSA) is 95.7 Å². The number of rotatable bonds is 5. The lowest BCUT2D eigenvalue weighted by Gasteiger charge is -2.06. The van der Waals surface area contributed by atoms with E-state index >= 15 is 0 Å². The third kappa shape index (κ3) is 3.77. The summed E-state index contributed by atoms with van der Waals surface area (Å²) in [6.45, 7) is 3.35. The van der Waals surface area contributed by atoms with Crippen LogP contribution in [0.25, 0.3) is 0 Å². The average molecular weight is 267 g/mol. The van der Waals surface area contributed by atoms with Crippen LogP contribution in [0.2, 0.25) is 0 Å². The van der Waals surface area contributed by atoms with Crippen LogP contribution >= 0.6 is 0 Å². The zero-order valence-electron chi connectivity index (χ0n) is 10.5. The molecule has 0 bridgehead atoms. The Kier molecular flexibility index (Phi) is 4.99. The average Bonchev–Trinajstić information content (AvgIpc) is 2.37. The Balaban J connectivity index is 3.08. The van der Waals surface area contributed by atoms with Crippen LogP contribution in [-0.4, -0.2) is 23.5 Å². The molecule has 0 saturated carbocycles. The van der Waals surface area contributed by atoms with Gasteiger partial charge in [0.2, 0.25) is 0 Å². The Bertz CT molecular complexity index is 511. The van der Waals surface area contributed by atoms with Crippen molar-refractivity contribution in [3.63, 3.8) is 0 Å². The van der Waals surface area contributed by atoms with E-state index in [0.29, 0.717) is 0 Å². The minimum atomic E-state index is -0.925. The second-order valence-corrected chi connectivity index (χ2v) is 3.50. The SMILES string of the molecule is CCOC(=O)Oc1ccc([N+](=O)[O-])c(C(=O)CC)c1. The molecule has 0 N–H and O–H groups in total. The molecule has 0 fully saturated rings. The molecule has 7 heteroatoms. The molecule has 0 spiro atoms. The van der Waals surface area contributed by atoms with Crippen LogP contribution in [0.1, 0.15) is 30.6 Å². The van der Waals surface area contributed by atoms with Gasteiger partial charge in [-0.1, -0.05) is 6.92 Å². The number of ether oxygens (including phenoxy) is 2. The summed E-state index contributed by atoms with van der Waals surface area (Å²) in [5.41, 5.74) is -0.405. The van der Waals surface area contributed by atoms with Crippen molar-refractivity contribution in [2.45, 2.75) is 20.3 Å². The number of carbonyl (C=O) groups excluding carboxylic acids is 2. The van der Waals surface area contributed by atoms with Gasteiger partial charge in [-0.2, -0.15) is 0 Å². The number of nitro benzene ring substituents is 1. The van der Waals surface area contributed by atoms with Crippen LogP contribution in [0.3, 0.4) is 0 Å². The normalized spacial score (nSPS) is 9.79. The minimum absolute atomic E-state index is 0.0286. The first-order valence-corrected chi connectivity index (χ1v) is 5.65. The van der Waals surface area contributed by atoms with Gasteiger partial charge in [0.15, 0.2) is 5.78 Å². The molecule has 0 atom stereocenters. The van der Waals surface area contributed by atoms with E-state index in [0.717, 1.165) is 6.07 Å². The number of nitrogens with zero attached hydrogens (tertiary/aromatic N) is 1. The van der Waals surface area contributed by atoms with Gasteiger partial charge >= 0.3 is 6.16 Å². The number of benzene rings is 1. The highest BCUT2D eigenvalue weighted by atomic mass is 16.7. The summed E-state index contributed by atoms with van der Waals surface area (Å²) in [6.07, 6.45) is -0.810. The smallest absolute Gasteiger partial charge is 0.434 e. The molecule has 0 amide bonds. The van der Waals surface area contributed by atoms with Gasteiger partial charge in [0.1, 0.15) is 5.75 Å². The standard InChI is InChI=1S/C12H13NO6/c1-3-11(14)9-7-8(19-12(15)18-4-2)5-6-10(9)13(16)17/h5-7H,3-4H2,1-2H3. The molecule has 1 aromatic rings. The lowest BCUT2D eigenvalue weighted by atomic mass is 10.1. The molecule has 0 heterocycles. The van der Waals surface area contributed by atoms with E-state index in [1.54, 1.807) is 13.8 Å². The van der Waals surface area contributed by atoms with Gasteiger partial charge in [0, 0.05) is 12.5 Å². The molecule has 1 aromatic carbocycles. The molecule has 1 rings (SSSR count). The van der Waals surface area contributed by atoms with Crippen LogP contribution in [0.4, 0.5) is 10.5 Å². The second kappa shape index (κ2) is 6.48. The van der Waals surface area contributed by atoms with Crippen molar-refractivity contribution in [2.75, 3.05) is 6.61 Å². The van der Waals surface area contributed by atoms with Crippen LogP contribution in [-0.2, 0) is 4.74 Å². The maximum atomic E-state index is 11.6. The summed E-state index contributed by atoms with van der Waals surface area (Å²) in [7, 11) is 0. The van der Waals surface area contributed by atoms with E-state index in [4.69, 9.17) is 4.74 Å². The Hall–Kier alpha value is -2.44. The molecule has 0 saturated heterocycles. The molecule has 0 aromatic heterocycles. The monoisotopic (exact) mass is 267 g/mol. The van der Waals surface area contributed by atoms with Gasteiger partial charge in [0.25, 0.3) is 5.69 Å². The molecule has 0 aliphatic rings. The number of carbonyl (C=O) groups is 2. The van der Waals surface area contributed by atoms with Gasteiger partial charge in [-0.05, 0) is 19.1 Å². The number of ketones is 1. The summed E-state index contributed by atoms with van der Waals surface area (Å²) in [5.74, 6) is -0.373. The zero-order valence-corrected chi connectivity index (χ0v) is 10.5. The molecule has 0 unspecified atom stereocenters. The zero-order chi connectivity index (χ0) is 14.4. The van der Waals surface area contributed by atoms with E-state index in [1.165, 1.54) is 12.1 Å². The highest BCUT2D eigenvalue weighted by Crippen LogP contribution is 2.25. The molecule has 0 radical (unpaired) electrons. The summed E-state index contributed by atoms with van der Waals surface area (Å²) < 4.78 is 9.36. The van der Waals surface area contributed by atoms with Crippen LogP contribution in [0, 0.1) is 10.1 Å². The van der Waals surface area contributed by atoms with Crippen LogP contribution in [0.5, 0.6) is 5.75 Å². The van der Waals surface area contributed by atoms with E-state index in [9.17, 15) is 19.7 Å². The van der Waals surface area contributed by atoms with Crippen molar-refractivity contribution in [1.29, 1.82) is 0 Å². The summed E-state index contributed by atoms with van der Waals surface area (Å²) in [4.78, 5) is 32.9. The van der Waals surface area contributed by atoms with Gasteiger partial charge in [-0.25, -0.2) is 4.79 Å². The first kappa shape index (κ1) is 14.6. The van der Waals surface area contributed by atoms with E-state index in [1.807, 2.05) is 0 Å². The Morgan fingerprint density at radius 1 is 1.32 bits per heavy atom. The van der Waals surface area contributed by atoms with Gasteiger partial charge in [0.05, 0.1) is 17.1 Å². The quantitative estimate of drug-likeness (QED) is 0.267. The number of nitro groups is 1. The molecular weight excluding hydrogens is 254 g/mol. The third-order valence-corrected chi connectivity index (χ3v) is 2.25. The first-order chi connectivity index (χ1) is 8.99. The van der Waals surface area contributed by atoms with E-state index in [2.05, 4.69) is 4.74 Å². The predicted octanol–water partition coefficient (Wildman–Crippen LogP) is 2.72. The van der Waals surface area contributed by atoms with Crippen molar-refractivity contribution in [3.8, 4) is 5.75 Å². The largest absolute Gasteiger partial charge is 0.513 e. The predicted molar refractivity (Wildman–Crippen MR) is 65.4 cm³/mol. The molecule has 0 aliphatic heterocycles. The van der Waals surface area contributed by atoms with Crippen molar-refractivity contribution in [3.05, 3.63) is 33.9 Å². The second-order valence-electron chi connectivity index (χ2n) is 3.50. The van der Waals surface area contributed by atoms with Gasteiger partial charge < -0.3 is 9.47 Å². The third-order valence-electron chi connectivity index (χ3n) is 2.25. The Morgan fingerprint density at radius 3 is 2.53 bits per heavy atom. The van der Waals surface area contributed by atoms with Crippen molar-refractivity contribution in [2.24, 2.45) is 0 Å². The lowest BCUT2D eigenvalue weighted by molar-refractivity contribution is -0.385. The number of hydrogen-bond donors (Lipinski definition) is 0. The van der Waals surface area contributed by atoms with Crippen molar-refractivity contribution < 1.29 is 24.0 Å². The van der Waals surface area contributed by atoms with Gasteiger partial charge in [-0.15, -0.1) is 0 Å². The highest BCUT2D eigenvalue weighted by Gasteiger charge is 2.20. The summed E-state index contributed by atoms with van der Waals surface area (Å²) in [5, 5.41) is 10.8. The molecule has 19 heavy (non-hydrogen) atoms. The fraction of sp³-hybridized carbons (Fsp3) is 0.333. The minimum Gasteiger partial charge on any atom is -0.434 e. The van der Waals surface area contributed by atoms with Crippen molar-refractivity contribution in [1.82, 2.24) is 0 Å². The molecule has 7 nitrogen and oxygen atoms in total. The first-order valence-electron chi connectivity index (χ1n) is 5.65. The maximum absolute atomic E-state index is 11.6. The van der Waals surface area contributed by atoms with Crippen LogP contribution in [0.15, 0.2) is 18.2 Å². The van der Waals surface area contributed by atoms with Crippen LogP contribution < -0.4 is 4.74 Å². The number of hydrogen-bond acceptors (Lipinski definition) is 6.